The van der Waals surface area contributed by atoms with Crippen LogP contribution in [0.5, 0.6) is 0 Å². The van der Waals surface area contributed by atoms with E-state index in [4.69, 9.17) is 16.7 Å². The fourth-order valence-electron chi connectivity index (χ4n) is 1.58. The van der Waals surface area contributed by atoms with Crippen LogP contribution < -0.4 is 4.68 Å². The van der Waals surface area contributed by atoms with Gasteiger partial charge in [0.25, 0.3) is 0 Å². The molecule has 0 aliphatic heterocycles. The highest BCUT2D eigenvalue weighted by Gasteiger charge is 2.33. The zero-order chi connectivity index (χ0) is 19.7. The minimum absolute atomic E-state index is 0.0430. The molecule has 10 heteroatoms. The van der Waals surface area contributed by atoms with Gasteiger partial charge in [-0.05, 0) is 17.2 Å². The van der Waals surface area contributed by atoms with Gasteiger partial charge in [-0.3, -0.25) is 9.78 Å². The van der Waals surface area contributed by atoms with Crippen LogP contribution in [0, 0.1) is 0 Å². The van der Waals surface area contributed by atoms with Crippen molar-refractivity contribution >= 4 is 17.6 Å². The number of nitrogens with zero attached hydrogens (tertiary/aromatic N) is 3. The SMILES string of the molecule is C=C(OC)C(F)(F)F.O=C(O)CC[n+]1ccc(-c2ncccc2Cl)cn1. The van der Waals surface area contributed by atoms with E-state index in [1.54, 1.807) is 35.4 Å². The lowest BCUT2D eigenvalue weighted by Crippen LogP contribution is -2.38. The summed E-state index contributed by atoms with van der Waals surface area (Å²) in [5.41, 5.74) is 1.46. The van der Waals surface area contributed by atoms with Gasteiger partial charge in [-0.25, -0.2) is 0 Å². The van der Waals surface area contributed by atoms with Crippen molar-refractivity contribution in [1.82, 2.24) is 10.1 Å². The third-order valence-electron chi connectivity index (χ3n) is 2.92. The van der Waals surface area contributed by atoms with Gasteiger partial charge in [0, 0.05) is 17.8 Å². The van der Waals surface area contributed by atoms with Crippen LogP contribution in [0.2, 0.25) is 5.02 Å². The van der Waals surface area contributed by atoms with Crippen LogP contribution in [0.3, 0.4) is 0 Å². The van der Waals surface area contributed by atoms with Gasteiger partial charge in [0.05, 0.1) is 17.8 Å². The standard InChI is InChI=1S/C12H10ClN3O2.C4H5F3O/c13-10-2-1-5-14-12(10)9-3-6-16(15-8-9)7-4-11(17)18;1-3(8-2)4(5,6)7/h1-3,5-6,8H,4,7H2;1H2,2H3/p+1. The maximum absolute atomic E-state index is 11.2. The smallest absolute Gasteiger partial charge is 0.448 e. The summed E-state index contributed by atoms with van der Waals surface area (Å²) in [6, 6.07) is 5.33. The number of alkyl halides is 3. The van der Waals surface area contributed by atoms with E-state index in [1.807, 2.05) is 6.07 Å². The van der Waals surface area contributed by atoms with E-state index in [0.29, 0.717) is 17.3 Å². The first-order valence-electron chi connectivity index (χ1n) is 7.13. The topological polar surface area (TPSA) is 76.2 Å². The molecule has 2 aromatic rings. The van der Waals surface area contributed by atoms with Crippen LogP contribution in [0.4, 0.5) is 13.2 Å². The first-order chi connectivity index (χ1) is 12.1. The predicted molar refractivity (Wildman–Crippen MR) is 87.1 cm³/mol. The van der Waals surface area contributed by atoms with Gasteiger partial charge < -0.3 is 9.84 Å². The van der Waals surface area contributed by atoms with Crippen LogP contribution in [0.25, 0.3) is 11.3 Å². The molecule has 0 saturated carbocycles. The van der Waals surface area contributed by atoms with Crippen LogP contribution in [0.15, 0.2) is 49.1 Å². The van der Waals surface area contributed by atoms with Gasteiger partial charge >= 0.3 is 12.1 Å². The summed E-state index contributed by atoms with van der Waals surface area (Å²) in [7, 11) is 0.926. The molecular weight excluding hydrogens is 375 g/mol. The number of hydrogen-bond donors (Lipinski definition) is 1. The molecule has 0 aliphatic carbocycles. The number of carboxylic acids is 1. The molecule has 140 valence electrons. The maximum Gasteiger partial charge on any atom is 0.448 e. The molecule has 0 radical (unpaired) electrons. The lowest BCUT2D eigenvalue weighted by molar-refractivity contribution is -0.752. The van der Waals surface area contributed by atoms with Gasteiger partial charge in [0.15, 0.2) is 18.5 Å². The Balaban J connectivity index is 0.000000359. The summed E-state index contributed by atoms with van der Waals surface area (Å²) >= 11 is 6.03. The molecule has 0 spiro atoms. The Hall–Kier alpha value is -2.68. The Morgan fingerprint density at radius 2 is 2.12 bits per heavy atom. The number of halogens is 4. The second-order valence-corrected chi connectivity index (χ2v) is 5.19. The van der Waals surface area contributed by atoms with Crippen LogP contribution in [-0.2, 0) is 16.1 Å². The van der Waals surface area contributed by atoms with Crippen molar-refractivity contribution in [2.24, 2.45) is 0 Å². The number of carbonyl (C=O) groups is 1. The number of pyridine rings is 1. The number of ether oxygens (including phenoxy) is 1. The summed E-state index contributed by atoms with van der Waals surface area (Å²) in [6.45, 7) is 2.94. The Morgan fingerprint density at radius 3 is 2.54 bits per heavy atom. The van der Waals surface area contributed by atoms with Crippen molar-refractivity contribution in [1.29, 1.82) is 0 Å². The Labute approximate surface area is 152 Å². The summed E-state index contributed by atoms with van der Waals surface area (Å²) in [5.74, 6) is -2.02. The van der Waals surface area contributed by atoms with Gasteiger partial charge in [0.2, 0.25) is 0 Å². The van der Waals surface area contributed by atoms with Gasteiger partial charge in [-0.15, -0.1) is 0 Å². The molecule has 0 fully saturated rings. The fraction of sp³-hybridized carbons (Fsp3) is 0.250. The van der Waals surface area contributed by atoms with Crippen molar-refractivity contribution in [3.63, 3.8) is 0 Å². The molecule has 6 nitrogen and oxygen atoms in total. The molecule has 0 unspecified atom stereocenters. The van der Waals surface area contributed by atoms with Crippen molar-refractivity contribution in [2.45, 2.75) is 19.1 Å². The van der Waals surface area contributed by atoms with Crippen molar-refractivity contribution in [3.05, 3.63) is 54.2 Å². The number of methoxy groups -OCH3 is 1. The van der Waals surface area contributed by atoms with Crippen LogP contribution in [-0.4, -0.2) is 34.4 Å². The number of carboxylic acid groups (broad SMARTS) is 1. The van der Waals surface area contributed by atoms with Crippen molar-refractivity contribution < 1.29 is 32.5 Å². The Morgan fingerprint density at radius 1 is 1.42 bits per heavy atom. The lowest BCUT2D eigenvalue weighted by Gasteiger charge is -2.06. The number of aryl methyl sites for hydroxylation is 1. The molecular formula is C16H16ClF3N3O3+. The summed E-state index contributed by atoms with van der Waals surface area (Å²) < 4.78 is 39.0. The molecule has 0 amide bonds. The fourth-order valence-corrected chi connectivity index (χ4v) is 1.81. The van der Waals surface area contributed by atoms with Gasteiger partial charge in [-0.1, -0.05) is 22.9 Å². The van der Waals surface area contributed by atoms with E-state index < -0.39 is 17.9 Å². The number of hydrogen-bond acceptors (Lipinski definition) is 4. The Bertz CT molecular complexity index is 752. The second-order valence-electron chi connectivity index (χ2n) is 4.78. The normalized spacial score (nSPS) is 10.5. The predicted octanol–water partition coefficient (Wildman–Crippen LogP) is 3.27. The molecule has 0 saturated heterocycles. The average Bonchev–Trinajstić information content (AvgIpc) is 2.60. The quantitative estimate of drug-likeness (QED) is 0.626. The first kappa shape index (κ1) is 21.4. The van der Waals surface area contributed by atoms with E-state index in [-0.39, 0.29) is 6.42 Å². The van der Waals surface area contributed by atoms with Crippen LogP contribution in [0.1, 0.15) is 6.42 Å². The highest BCUT2D eigenvalue weighted by atomic mass is 35.5. The number of rotatable bonds is 5. The molecule has 2 rings (SSSR count). The summed E-state index contributed by atoms with van der Waals surface area (Å²) in [6.07, 6.45) is 0.627. The number of allylic oxidation sites excluding steroid dienone is 1. The molecule has 0 aromatic carbocycles. The minimum atomic E-state index is -4.41. The molecule has 2 aromatic heterocycles. The summed E-state index contributed by atoms with van der Waals surface area (Å²) in [4.78, 5) is 14.6. The van der Waals surface area contributed by atoms with Crippen molar-refractivity contribution in [2.75, 3.05) is 7.11 Å². The van der Waals surface area contributed by atoms with E-state index in [2.05, 4.69) is 21.4 Å². The minimum Gasteiger partial charge on any atom is -0.493 e. The Kier molecular flexibility index (Phi) is 7.98. The largest absolute Gasteiger partial charge is 0.493 e. The molecule has 2 heterocycles. The molecule has 0 bridgehead atoms. The molecule has 0 aliphatic rings. The lowest BCUT2D eigenvalue weighted by atomic mass is 10.2. The van der Waals surface area contributed by atoms with Gasteiger partial charge in [-0.2, -0.15) is 13.2 Å². The maximum atomic E-state index is 11.2. The van der Waals surface area contributed by atoms with Crippen molar-refractivity contribution in [3.8, 4) is 11.3 Å². The molecule has 0 atom stereocenters. The van der Waals surface area contributed by atoms with E-state index in [0.717, 1.165) is 12.7 Å². The van der Waals surface area contributed by atoms with E-state index >= 15 is 0 Å². The van der Waals surface area contributed by atoms with E-state index in [9.17, 15) is 18.0 Å². The first-order valence-corrected chi connectivity index (χ1v) is 7.51. The highest BCUT2D eigenvalue weighted by molar-refractivity contribution is 6.32. The third-order valence-corrected chi connectivity index (χ3v) is 3.23. The molecule has 26 heavy (non-hydrogen) atoms. The second kappa shape index (κ2) is 9.71. The molecule has 1 N–H and O–H groups in total. The summed E-state index contributed by atoms with van der Waals surface area (Å²) in [5, 5.41) is 13.3. The average molecular weight is 391 g/mol. The zero-order valence-corrected chi connectivity index (χ0v) is 14.5. The highest BCUT2D eigenvalue weighted by Crippen LogP contribution is 2.24. The zero-order valence-electron chi connectivity index (χ0n) is 13.7. The van der Waals surface area contributed by atoms with Crippen LogP contribution >= 0.6 is 11.6 Å². The monoisotopic (exact) mass is 390 g/mol. The van der Waals surface area contributed by atoms with E-state index in [1.165, 1.54) is 0 Å². The van der Waals surface area contributed by atoms with Gasteiger partial charge in [0.1, 0.15) is 12.6 Å². The number of aromatic nitrogens is 3. The third kappa shape index (κ3) is 7.06. The number of aliphatic carboxylic acids is 1.